The van der Waals surface area contributed by atoms with Crippen molar-refractivity contribution in [2.45, 2.75) is 0 Å². The smallest absolute Gasteiger partial charge is 0.0998 e. The first-order chi connectivity index (χ1) is 8.38. The monoisotopic (exact) mass is 236 g/mol. The van der Waals surface area contributed by atoms with Crippen LogP contribution < -0.4 is 0 Å². The third-order valence-electron chi connectivity index (χ3n) is 2.65. The molecular formula is C14H8N2S. The van der Waals surface area contributed by atoms with Gasteiger partial charge in [-0.2, -0.15) is 5.26 Å². The Hall–Kier alpha value is -2.18. The van der Waals surface area contributed by atoms with Crippen molar-refractivity contribution in [1.82, 2.24) is 4.98 Å². The van der Waals surface area contributed by atoms with Gasteiger partial charge >= 0.3 is 0 Å². The lowest BCUT2D eigenvalue weighted by Gasteiger charge is -2.03. The molecule has 0 fully saturated rings. The van der Waals surface area contributed by atoms with Crippen LogP contribution in [0.1, 0.15) is 5.56 Å². The quantitative estimate of drug-likeness (QED) is 0.643. The molecule has 0 spiro atoms. The van der Waals surface area contributed by atoms with Crippen LogP contribution in [0.3, 0.4) is 0 Å². The fraction of sp³-hybridized carbons (Fsp3) is 0. The number of hydrogen-bond acceptors (Lipinski definition) is 3. The van der Waals surface area contributed by atoms with Gasteiger partial charge in [-0.15, -0.1) is 11.3 Å². The maximum Gasteiger partial charge on any atom is 0.0998 e. The molecule has 17 heavy (non-hydrogen) atoms. The van der Waals surface area contributed by atoms with E-state index < -0.39 is 0 Å². The molecule has 3 rings (SSSR count). The molecule has 1 aromatic carbocycles. The lowest BCUT2D eigenvalue weighted by Crippen LogP contribution is -1.84. The van der Waals surface area contributed by atoms with Gasteiger partial charge in [0.25, 0.3) is 0 Å². The fourth-order valence-electron chi connectivity index (χ4n) is 1.86. The van der Waals surface area contributed by atoms with Crippen molar-refractivity contribution in [3.8, 4) is 16.5 Å². The summed E-state index contributed by atoms with van der Waals surface area (Å²) in [5.74, 6) is 0. The van der Waals surface area contributed by atoms with Gasteiger partial charge < -0.3 is 0 Å². The first-order valence-corrected chi connectivity index (χ1v) is 6.09. The van der Waals surface area contributed by atoms with Crippen molar-refractivity contribution in [2.24, 2.45) is 0 Å². The first-order valence-electron chi connectivity index (χ1n) is 5.21. The van der Waals surface area contributed by atoms with E-state index in [1.165, 1.54) is 0 Å². The van der Waals surface area contributed by atoms with Gasteiger partial charge in [0.2, 0.25) is 0 Å². The highest BCUT2D eigenvalue weighted by molar-refractivity contribution is 7.13. The molecule has 0 saturated heterocycles. The summed E-state index contributed by atoms with van der Waals surface area (Å²) in [6.45, 7) is 0. The summed E-state index contributed by atoms with van der Waals surface area (Å²) in [6.07, 6.45) is 1.75. The van der Waals surface area contributed by atoms with E-state index in [4.69, 9.17) is 0 Å². The number of rotatable bonds is 1. The van der Waals surface area contributed by atoms with E-state index >= 15 is 0 Å². The van der Waals surface area contributed by atoms with Crippen molar-refractivity contribution in [2.75, 3.05) is 0 Å². The molecule has 80 valence electrons. The maximum absolute atomic E-state index is 9.18. The fourth-order valence-corrected chi connectivity index (χ4v) is 2.57. The molecular weight excluding hydrogens is 228 g/mol. The van der Waals surface area contributed by atoms with Crippen LogP contribution >= 0.6 is 11.3 Å². The molecule has 0 amide bonds. The van der Waals surface area contributed by atoms with Crippen LogP contribution in [0.4, 0.5) is 0 Å². The SMILES string of the molecule is N#Cc1cc(-c2cccs2)cc2ncccc12. The van der Waals surface area contributed by atoms with Crippen LogP contribution in [0.25, 0.3) is 21.3 Å². The molecule has 0 atom stereocenters. The largest absolute Gasteiger partial charge is 0.256 e. The molecule has 0 saturated carbocycles. The predicted molar refractivity (Wildman–Crippen MR) is 69.8 cm³/mol. The lowest BCUT2D eigenvalue weighted by atomic mass is 10.0. The number of hydrogen-bond donors (Lipinski definition) is 0. The molecule has 2 heterocycles. The summed E-state index contributed by atoms with van der Waals surface area (Å²) < 4.78 is 0. The molecule has 0 aliphatic rings. The highest BCUT2D eigenvalue weighted by Gasteiger charge is 2.06. The van der Waals surface area contributed by atoms with Crippen molar-refractivity contribution in [1.29, 1.82) is 5.26 Å². The second-order valence-electron chi connectivity index (χ2n) is 3.68. The highest BCUT2D eigenvalue weighted by atomic mass is 32.1. The summed E-state index contributed by atoms with van der Waals surface area (Å²) in [5.41, 5.74) is 2.61. The zero-order chi connectivity index (χ0) is 11.7. The van der Waals surface area contributed by atoms with Crippen LogP contribution in [-0.4, -0.2) is 4.98 Å². The minimum Gasteiger partial charge on any atom is -0.256 e. The Balaban J connectivity index is 2.33. The molecule has 2 aromatic heterocycles. The lowest BCUT2D eigenvalue weighted by molar-refractivity contribution is 1.40. The maximum atomic E-state index is 9.18. The van der Waals surface area contributed by atoms with Crippen LogP contribution in [0.5, 0.6) is 0 Å². The summed E-state index contributed by atoms with van der Waals surface area (Å²) >= 11 is 1.67. The van der Waals surface area contributed by atoms with Crippen LogP contribution in [0.15, 0.2) is 48.0 Å². The molecule has 0 N–H and O–H groups in total. The summed E-state index contributed by atoms with van der Waals surface area (Å²) in [5, 5.41) is 12.1. The van der Waals surface area contributed by atoms with E-state index in [-0.39, 0.29) is 0 Å². The third-order valence-corrected chi connectivity index (χ3v) is 3.57. The number of nitriles is 1. The molecule has 3 aromatic rings. The second kappa shape index (κ2) is 4.00. The van der Waals surface area contributed by atoms with Gasteiger partial charge in [0.1, 0.15) is 0 Å². The standard InChI is InChI=1S/C14H8N2S/c15-9-11-7-10(14-4-2-6-17-14)8-13-12(11)3-1-5-16-13/h1-8H. The number of nitrogens with zero attached hydrogens (tertiary/aromatic N) is 2. The average molecular weight is 236 g/mol. The Kier molecular flexibility index (Phi) is 2.36. The van der Waals surface area contributed by atoms with E-state index in [0.29, 0.717) is 5.56 Å². The van der Waals surface area contributed by atoms with Gasteiger partial charge in [0.05, 0.1) is 17.1 Å². The second-order valence-corrected chi connectivity index (χ2v) is 4.63. The van der Waals surface area contributed by atoms with E-state index in [1.807, 2.05) is 35.7 Å². The van der Waals surface area contributed by atoms with Crippen molar-refractivity contribution < 1.29 is 0 Å². The number of thiophene rings is 1. The van der Waals surface area contributed by atoms with Crippen molar-refractivity contribution in [3.05, 3.63) is 53.5 Å². The average Bonchev–Trinajstić information content (AvgIpc) is 2.91. The molecule has 0 aliphatic carbocycles. The highest BCUT2D eigenvalue weighted by Crippen LogP contribution is 2.29. The van der Waals surface area contributed by atoms with Gasteiger partial charge in [-0.3, -0.25) is 4.98 Å². The van der Waals surface area contributed by atoms with Crippen molar-refractivity contribution >= 4 is 22.2 Å². The van der Waals surface area contributed by atoms with Crippen molar-refractivity contribution in [3.63, 3.8) is 0 Å². The minimum atomic E-state index is 0.680. The normalized spacial score (nSPS) is 10.3. The molecule has 0 radical (unpaired) electrons. The molecule has 3 heteroatoms. The van der Waals surface area contributed by atoms with E-state index in [0.717, 1.165) is 21.3 Å². The molecule has 0 bridgehead atoms. The summed E-state index contributed by atoms with van der Waals surface area (Å²) in [4.78, 5) is 5.48. The first kappa shape index (κ1) is 10.0. The number of aromatic nitrogens is 1. The third kappa shape index (κ3) is 1.69. The predicted octanol–water partition coefficient (Wildman–Crippen LogP) is 3.83. The Morgan fingerprint density at radius 2 is 2.12 bits per heavy atom. The topological polar surface area (TPSA) is 36.7 Å². The number of pyridine rings is 1. The summed E-state index contributed by atoms with van der Waals surface area (Å²) in [7, 11) is 0. The molecule has 0 unspecified atom stereocenters. The van der Waals surface area contributed by atoms with Gasteiger partial charge in [0, 0.05) is 16.5 Å². The zero-order valence-corrected chi connectivity index (χ0v) is 9.74. The Morgan fingerprint density at radius 1 is 1.18 bits per heavy atom. The summed E-state index contributed by atoms with van der Waals surface area (Å²) in [6, 6.07) is 14.0. The molecule has 2 nitrogen and oxygen atoms in total. The van der Waals surface area contributed by atoms with E-state index in [1.54, 1.807) is 17.5 Å². The van der Waals surface area contributed by atoms with Gasteiger partial charge in [-0.25, -0.2) is 0 Å². The Bertz CT molecular complexity index is 709. The zero-order valence-electron chi connectivity index (χ0n) is 8.92. The number of fused-ring (bicyclic) bond motifs is 1. The van der Waals surface area contributed by atoms with Gasteiger partial charge in [0.15, 0.2) is 0 Å². The van der Waals surface area contributed by atoms with Crippen LogP contribution in [0.2, 0.25) is 0 Å². The Labute approximate surface area is 103 Å². The van der Waals surface area contributed by atoms with E-state index in [9.17, 15) is 5.26 Å². The minimum absolute atomic E-state index is 0.680. The molecule has 0 aliphatic heterocycles. The number of benzene rings is 1. The Morgan fingerprint density at radius 3 is 2.88 bits per heavy atom. The van der Waals surface area contributed by atoms with Gasteiger partial charge in [-0.1, -0.05) is 6.07 Å². The van der Waals surface area contributed by atoms with Gasteiger partial charge in [-0.05, 0) is 41.3 Å². The van der Waals surface area contributed by atoms with Crippen LogP contribution in [-0.2, 0) is 0 Å². The van der Waals surface area contributed by atoms with Crippen LogP contribution in [0, 0.1) is 11.3 Å². The van der Waals surface area contributed by atoms with E-state index in [2.05, 4.69) is 17.1 Å².